The zero-order valence-electron chi connectivity index (χ0n) is 10.7. The first-order valence-corrected chi connectivity index (χ1v) is 6.08. The van der Waals surface area contributed by atoms with Gasteiger partial charge >= 0.3 is 0 Å². The van der Waals surface area contributed by atoms with Gasteiger partial charge in [-0.15, -0.1) is 0 Å². The van der Waals surface area contributed by atoms with Crippen LogP contribution in [0.5, 0.6) is 5.75 Å². The van der Waals surface area contributed by atoms with Crippen LogP contribution < -0.4 is 4.74 Å². The van der Waals surface area contributed by atoms with Crippen LogP contribution in [0.25, 0.3) is 0 Å². The molecule has 0 amide bonds. The van der Waals surface area contributed by atoms with Crippen molar-refractivity contribution in [1.82, 2.24) is 9.78 Å². The monoisotopic (exact) mass is 242 g/mol. The van der Waals surface area contributed by atoms with E-state index in [0.29, 0.717) is 26.4 Å². The van der Waals surface area contributed by atoms with Crippen molar-refractivity contribution in [3.63, 3.8) is 0 Å². The predicted octanol–water partition coefficient (Wildman–Crippen LogP) is 1.72. The van der Waals surface area contributed by atoms with E-state index in [9.17, 15) is 0 Å². The van der Waals surface area contributed by atoms with Crippen molar-refractivity contribution in [2.45, 2.75) is 26.3 Å². The van der Waals surface area contributed by atoms with Gasteiger partial charge in [0.05, 0.1) is 32.2 Å². The quantitative estimate of drug-likeness (QED) is 0.586. The maximum absolute atomic E-state index is 5.54. The Labute approximate surface area is 103 Å². The van der Waals surface area contributed by atoms with Gasteiger partial charge in [-0.2, -0.15) is 5.10 Å². The fourth-order valence-electron chi connectivity index (χ4n) is 1.37. The summed E-state index contributed by atoms with van der Waals surface area (Å²) >= 11 is 0. The van der Waals surface area contributed by atoms with Gasteiger partial charge in [-0.3, -0.25) is 4.68 Å². The molecule has 98 valence electrons. The second-order valence-electron chi connectivity index (χ2n) is 3.75. The molecule has 0 radical (unpaired) electrons. The molecule has 5 nitrogen and oxygen atoms in total. The molecule has 0 aliphatic carbocycles. The minimum absolute atomic E-state index is 0.643. The molecule has 0 saturated carbocycles. The van der Waals surface area contributed by atoms with Gasteiger partial charge in [-0.05, 0) is 6.42 Å². The van der Waals surface area contributed by atoms with Crippen LogP contribution in [-0.4, -0.2) is 43.3 Å². The predicted molar refractivity (Wildman–Crippen MR) is 65.3 cm³/mol. The summed E-state index contributed by atoms with van der Waals surface area (Å²) in [7, 11) is 1.67. The molecule has 0 aromatic carbocycles. The molecule has 0 spiro atoms. The molecule has 0 aliphatic heterocycles. The minimum Gasteiger partial charge on any atom is -0.490 e. The van der Waals surface area contributed by atoms with E-state index in [0.717, 1.165) is 25.1 Å². The molecule has 5 heteroatoms. The Morgan fingerprint density at radius 1 is 1.24 bits per heavy atom. The Kier molecular flexibility index (Phi) is 7.42. The lowest BCUT2D eigenvalue weighted by atomic mass is 10.5. The Morgan fingerprint density at radius 2 is 2.12 bits per heavy atom. The van der Waals surface area contributed by atoms with E-state index in [1.165, 1.54) is 0 Å². The lowest BCUT2D eigenvalue weighted by Crippen LogP contribution is -2.06. The van der Waals surface area contributed by atoms with Crippen LogP contribution in [0, 0.1) is 0 Å². The molecule has 0 aliphatic rings. The molecule has 17 heavy (non-hydrogen) atoms. The van der Waals surface area contributed by atoms with Crippen molar-refractivity contribution in [2.24, 2.45) is 0 Å². The maximum Gasteiger partial charge on any atom is 0.157 e. The molecule has 1 aromatic heterocycles. The average Bonchev–Trinajstić information content (AvgIpc) is 2.76. The number of aromatic nitrogens is 2. The van der Waals surface area contributed by atoms with E-state index in [4.69, 9.17) is 14.2 Å². The van der Waals surface area contributed by atoms with Crippen LogP contribution in [0.15, 0.2) is 12.4 Å². The lowest BCUT2D eigenvalue weighted by molar-refractivity contribution is 0.0644. The molecule has 0 N–H and O–H groups in total. The maximum atomic E-state index is 5.54. The minimum atomic E-state index is 0.643. The van der Waals surface area contributed by atoms with E-state index in [1.807, 2.05) is 10.9 Å². The highest BCUT2D eigenvalue weighted by atomic mass is 16.5. The van der Waals surface area contributed by atoms with Crippen molar-refractivity contribution >= 4 is 0 Å². The third-order valence-corrected chi connectivity index (χ3v) is 2.20. The van der Waals surface area contributed by atoms with Crippen LogP contribution in [0.1, 0.15) is 19.8 Å². The summed E-state index contributed by atoms with van der Waals surface area (Å²) in [5, 5.41) is 4.19. The standard InChI is InChI=1S/C12H22N2O3/c1-3-5-14-11-12(10-13-14)17-7-4-6-16-9-8-15-2/h10-11H,3-9H2,1-2H3. The molecular weight excluding hydrogens is 220 g/mol. The number of ether oxygens (including phenoxy) is 3. The molecule has 0 bridgehead atoms. The van der Waals surface area contributed by atoms with Gasteiger partial charge in [0.25, 0.3) is 0 Å². The molecule has 0 atom stereocenters. The highest BCUT2D eigenvalue weighted by Crippen LogP contribution is 2.08. The summed E-state index contributed by atoms with van der Waals surface area (Å²) in [5.74, 6) is 0.829. The number of nitrogens with zero attached hydrogens (tertiary/aromatic N) is 2. The van der Waals surface area contributed by atoms with E-state index < -0.39 is 0 Å². The average molecular weight is 242 g/mol. The summed E-state index contributed by atoms with van der Waals surface area (Å²) in [6.45, 7) is 5.70. The summed E-state index contributed by atoms with van der Waals surface area (Å²) in [5.41, 5.74) is 0. The second kappa shape index (κ2) is 9.01. The normalized spacial score (nSPS) is 10.7. The molecule has 1 rings (SSSR count). The van der Waals surface area contributed by atoms with Crippen LogP contribution in [0.2, 0.25) is 0 Å². The fraction of sp³-hybridized carbons (Fsp3) is 0.750. The third kappa shape index (κ3) is 6.28. The zero-order chi connectivity index (χ0) is 12.3. The van der Waals surface area contributed by atoms with Crippen LogP contribution in [0.3, 0.4) is 0 Å². The zero-order valence-corrected chi connectivity index (χ0v) is 10.7. The van der Waals surface area contributed by atoms with Gasteiger partial charge in [-0.1, -0.05) is 6.92 Å². The molecule has 0 saturated heterocycles. The van der Waals surface area contributed by atoms with Gasteiger partial charge in [0, 0.05) is 26.7 Å². The Hall–Kier alpha value is -1.07. The number of methoxy groups -OCH3 is 1. The van der Waals surface area contributed by atoms with E-state index >= 15 is 0 Å². The number of hydrogen-bond donors (Lipinski definition) is 0. The number of rotatable bonds is 10. The number of hydrogen-bond acceptors (Lipinski definition) is 4. The van der Waals surface area contributed by atoms with E-state index in [2.05, 4.69) is 12.0 Å². The Balaban J connectivity index is 2.01. The van der Waals surface area contributed by atoms with E-state index in [-0.39, 0.29) is 0 Å². The summed E-state index contributed by atoms with van der Waals surface area (Å²) in [6, 6.07) is 0. The molecule has 1 aromatic rings. The van der Waals surface area contributed by atoms with Crippen molar-refractivity contribution in [3.8, 4) is 5.75 Å². The highest BCUT2D eigenvalue weighted by Gasteiger charge is 1.98. The van der Waals surface area contributed by atoms with E-state index in [1.54, 1.807) is 13.3 Å². The second-order valence-corrected chi connectivity index (χ2v) is 3.75. The molecule has 0 fully saturated rings. The van der Waals surface area contributed by atoms with Gasteiger partial charge in [-0.25, -0.2) is 0 Å². The first-order valence-electron chi connectivity index (χ1n) is 6.08. The van der Waals surface area contributed by atoms with Gasteiger partial charge in [0.15, 0.2) is 5.75 Å². The molecule has 0 unspecified atom stereocenters. The van der Waals surface area contributed by atoms with Crippen LogP contribution >= 0.6 is 0 Å². The Morgan fingerprint density at radius 3 is 2.88 bits per heavy atom. The van der Waals surface area contributed by atoms with Crippen LogP contribution in [-0.2, 0) is 16.0 Å². The summed E-state index contributed by atoms with van der Waals surface area (Å²) in [6.07, 6.45) is 5.63. The first kappa shape index (κ1) is 14.0. The van der Waals surface area contributed by atoms with Crippen molar-refractivity contribution in [3.05, 3.63) is 12.4 Å². The van der Waals surface area contributed by atoms with Crippen LogP contribution in [0.4, 0.5) is 0 Å². The summed E-state index contributed by atoms with van der Waals surface area (Å²) in [4.78, 5) is 0. The van der Waals surface area contributed by atoms with Crippen molar-refractivity contribution in [2.75, 3.05) is 33.5 Å². The largest absolute Gasteiger partial charge is 0.490 e. The molecular formula is C12H22N2O3. The molecule has 1 heterocycles. The van der Waals surface area contributed by atoms with Gasteiger partial charge in [0.2, 0.25) is 0 Å². The van der Waals surface area contributed by atoms with Gasteiger partial charge < -0.3 is 14.2 Å². The smallest absolute Gasteiger partial charge is 0.157 e. The van der Waals surface area contributed by atoms with Gasteiger partial charge in [0.1, 0.15) is 0 Å². The van der Waals surface area contributed by atoms with Crippen molar-refractivity contribution in [1.29, 1.82) is 0 Å². The lowest BCUT2D eigenvalue weighted by Gasteiger charge is -2.04. The Bertz CT molecular complexity index is 289. The third-order valence-electron chi connectivity index (χ3n) is 2.20. The first-order chi connectivity index (χ1) is 8.36. The number of aryl methyl sites for hydroxylation is 1. The highest BCUT2D eigenvalue weighted by molar-refractivity contribution is 5.11. The topological polar surface area (TPSA) is 45.5 Å². The fourth-order valence-corrected chi connectivity index (χ4v) is 1.37. The SMILES string of the molecule is CCCn1cc(OCCCOCCOC)cn1. The van der Waals surface area contributed by atoms with Crippen molar-refractivity contribution < 1.29 is 14.2 Å². The summed E-state index contributed by atoms with van der Waals surface area (Å²) < 4.78 is 17.6.